The molecule has 0 spiro atoms. The number of rotatable bonds is 5. The third kappa shape index (κ3) is 2.95. The molecule has 6 nitrogen and oxygen atoms in total. The molecule has 4 rings (SSSR count). The summed E-state index contributed by atoms with van der Waals surface area (Å²) in [6.45, 7) is 3.42. The minimum Gasteiger partial charge on any atom is -0.464 e. The minimum absolute atomic E-state index is 0.229. The Kier molecular flexibility index (Phi) is 4.08. The summed E-state index contributed by atoms with van der Waals surface area (Å²) in [5.41, 5.74) is 2.06. The average Bonchev–Trinajstić information content (AvgIpc) is 3.28. The summed E-state index contributed by atoms with van der Waals surface area (Å²) in [6, 6.07) is 8.04. The van der Waals surface area contributed by atoms with E-state index < -0.39 is 0 Å². The molecule has 1 aliphatic carbocycles. The number of aromatic nitrogens is 3. The number of para-hydroxylation sites is 1. The van der Waals surface area contributed by atoms with Crippen molar-refractivity contribution in [1.82, 2.24) is 20.5 Å². The summed E-state index contributed by atoms with van der Waals surface area (Å²) < 4.78 is 5.56. The molecule has 1 aliphatic rings. The van der Waals surface area contributed by atoms with E-state index in [0.717, 1.165) is 54.1 Å². The number of hydrogen-bond donors (Lipinski definition) is 3. The highest BCUT2D eigenvalue weighted by Crippen LogP contribution is 2.36. The fraction of sp³-hybridized carbons (Fsp3) is 0.444. The number of fused-ring (bicyclic) bond motifs is 1. The first-order chi connectivity index (χ1) is 11.7. The van der Waals surface area contributed by atoms with E-state index in [1.807, 2.05) is 31.4 Å². The monoisotopic (exact) mass is 326 g/mol. The second kappa shape index (κ2) is 6.37. The highest BCUT2D eigenvalue weighted by atomic mass is 16.3. The third-order valence-electron chi connectivity index (χ3n) is 4.92. The highest BCUT2D eigenvalue weighted by Gasteiger charge is 2.35. The van der Waals surface area contributed by atoms with Gasteiger partial charge in [-0.2, -0.15) is 5.10 Å². The molecule has 0 bridgehead atoms. The summed E-state index contributed by atoms with van der Waals surface area (Å²) >= 11 is 0. The van der Waals surface area contributed by atoms with Gasteiger partial charge in [0.25, 0.3) is 0 Å². The number of aliphatic hydroxyl groups is 1. The molecule has 3 aromatic rings. The Labute approximate surface area is 140 Å². The number of nitrogens with zero attached hydrogens (tertiary/aromatic N) is 2. The minimum atomic E-state index is -0.303. The van der Waals surface area contributed by atoms with Gasteiger partial charge in [0.2, 0.25) is 0 Å². The summed E-state index contributed by atoms with van der Waals surface area (Å²) in [5, 5.41) is 22.1. The van der Waals surface area contributed by atoms with Crippen LogP contribution >= 0.6 is 0 Å². The molecule has 1 fully saturated rings. The second-order valence-corrected chi connectivity index (χ2v) is 6.66. The molecule has 0 aliphatic heterocycles. The molecule has 126 valence electrons. The van der Waals surface area contributed by atoms with E-state index >= 15 is 0 Å². The van der Waals surface area contributed by atoms with Gasteiger partial charge in [-0.25, -0.2) is 4.98 Å². The topological polar surface area (TPSA) is 87.0 Å². The quantitative estimate of drug-likeness (QED) is 0.670. The zero-order valence-corrected chi connectivity index (χ0v) is 13.7. The average molecular weight is 326 g/mol. The number of benzene rings is 1. The number of aliphatic hydroxyl groups excluding tert-OH is 1. The lowest BCUT2D eigenvalue weighted by molar-refractivity contribution is 0.131. The summed E-state index contributed by atoms with van der Waals surface area (Å²) in [6.07, 6.45) is 3.15. The molecule has 1 aromatic carbocycles. The van der Waals surface area contributed by atoms with Crippen molar-refractivity contribution in [2.45, 2.75) is 38.3 Å². The van der Waals surface area contributed by atoms with Crippen molar-refractivity contribution >= 4 is 11.0 Å². The largest absolute Gasteiger partial charge is 0.464 e. The van der Waals surface area contributed by atoms with Crippen LogP contribution in [0.4, 0.5) is 0 Å². The first-order valence-electron chi connectivity index (χ1n) is 8.43. The number of aromatic amines is 1. The van der Waals surface area contributed by atoms with Crippen molar-refractivity contribution in [2.24, 2.45) is 5.92 Å². The van der Waals surface area contributed by atoms with Crippen molar-refractivity contribution in [2.75, 3.05) is 6.54 Å². The molecular weight excluding hydrogens is 304 g/mol. The first-order valence-corrected chi connectivity index (χ1v) is 8.43. The maximum Gasteiger partial charge on any atom is 0.153 e. The summed E-state index contributed by atoms with van der Waals surface area (Å²) in [5.74, 6) is 2.13. The van der Waals surface area contributed by atoms with Crippen LogP contribution in [0.2, 0.25) is 0 Å². The van der Waals surface area contributed by atoms with Gasteiger partial charge in [-0.05, 0) is 31.7 Å². The summed E-state index contributed by atoms with van der Waals surface area (Å²) in [4.78, 5) is 4.41. The smallest absolute Gasteiger partial charge is 0.153 e. The molecule has 0 amide bonds. The van der Waals surface area contributed by atoms with Crippen LogP contribution in [0.25, 0.3) is 11.0 Å². The molecule has 6 heteroatoms. The van der Waals surface area contributed by atoms with E-state index in [1.165, 1.54) is 0 Å². The number of hydrogen-bond acceptors (Lipinski definition) is 5. The van der Waals surface area contributed by atoms with Crippen molar-refractivity contribution in [3.63, 3.8) is 0 Å². The number of aryl methyl sites for hydroxylation is 1. The molecule has 1 saturated carbocycles. The Morgan fingerprint density at radius 3 is 3.04 bits per heavy atom. The Morgan fingerprint density at radius 1 is 1.33 bits per heavy atom. The molecule has 2 aromatic heterocycles. The van der Waals surface area contributed by atoms with Crippen LogP contribution in [-0.4, -0.2) is 32.9 Å². The maximum absolute atomic E-state index is 10.3. The zero-order chi connectivity index (χ0) is 16.5. The molecule has 24 heavy (non-hydrogen) atoms. The number of furan rings is 1. The molecular formula is C18H22N4O2. The van der Waals surface area contributed by atoms with Gasteiger partial charge in [-0.15, -0.1) is 0 Å². The van der Waals surface area contributed by atoms with Gasteiger partial charge < -0.3 is 14.8 Å². The standard InChI is InChI=1S/C18H22N4O2/c1-11-20-18(22-21-11)12-6-13(16(23)7-12)8-19-9-14-10-24-17-5-3-2-4-15(14)17/h2-5,10,12-13,16,19,23H,6-9H2,1H3,(H,20,21,22)/t12-,13+,16+/m0/s1. The summed E-state index contributed by atoms with van der Waals surface area (Å²) in [7, 11) is 0. The number of H-pyrrole nitrogens is 1. The van der Waals surface area contributed by atoms with Gasteiger partial charge in [0, 0.05) is 30.0 Å². The Morgan fingerprint density at radius 2 is 2.21 bits per heavy atom. The molecule has 0 saturated heterocycles. The van der Waals surface area contributed by atoms with E-state index in [4.69, 9.17) is 4.42 Å². The molecule has 0 unspecified atom stereocenters. The Bertz CT molecular complexity index is 825. The first kappa shape index (κ1) is 15.4. The van der Waals surface area contributed by atoms with Crippen molar-refractivity contribution < 1.29 is 9.52 Å². The predicted molar refractivity (Wildman–Crippen MR) is 90.5 cm³/mol. The van der Waals surface area contributed by atoms with Crippen LogP contribution in [0.3, 0.4) is 0 Å². The lowest BCUT2D eigenvalue weighted by Crippen LogP contribution is -2.27. The fourth-order valence-corrected chi connectivity index (χ4v) is 3.64. The molecule has 0 radical (unpaired) electrons. The van der Waals surface area contributed by atoms with Crippen molar-refractivity contribution in [1.29, 1.82) is 0 Å². The van der Waals surface area contributed by atoms with E-state index in [-0.39, 0.29) is 17.9 Å². The number of nitrogens with one attached hydrogen (secondary N) is 2. The van der Waals surface area contributed by atoms with Crippen LogP contribution in [0, 0.1) is 12.8 Å². The molecule has 2 heterocycles. The third-order valence-corrected chi connectivity index (χ3v) is 4.92. The van der Waals surface area contributed by atoms with Crippen LogP contribution in [-0.2, 0) is 6.54 Å². The van der Waals surface area contributed by atoms with E-state index in [9.17, 15) is 5.11 Å². The van der Waals surface area contributed by atoms with Gasteiger partial charge in [-0.3, -0.25) is 5.10 Å². The zero-order valence-electron chi connectivity index (χ0n) is 13.7. The lowest BCUT2D eigenvalue weighted by atomic mass is 10.0. The van der Waals surface area contributed by atoms with Crippen LogP contribution in [0.1, 0.15) is 36.0 Å². The predicted octanol–water partition coefficient (Wildman–Crippen LogP) is 2.50. The Hall–Kier alpha value is -2.18. The van der Waals surface area contributed by atoms with Crippen LogP contribution in [0.15, 0.2) is 34.9 Å². The van der Waals surface area contributed by atoms with Crippen molar-refractivity contribution in [3.8, 4) is 0 Å². The molecule has 3 atom stereocenters. The fourth-order valence-electron chi connectivity index (χ4n) is 3.64. The second-order valence-electron chi connectivity index (χ2n) is 6.66. The van der Waals surface area contributed by atoms with E-state index in [2.05, 4.69) is 26.6 Å². The van der Waals surface area contributed by atoms with Gasteiger partial charge in [0.15, 0.2) is 5.82 Å². The normalized spacial score (nSPS) is 24.0. The lowest BCUT2D eigenvalue weighted by Gasteiger charge is -2.14. The van der Waals surface area contributed by atoms with Gasteiger partial charge in [0.05, 0.1) is 12.4 Å². The maximum atomic E-state index is 10.3. The Balaban J connectivity index is 1.34. The van der Waals surface area contributed by atoms with Gasteiger partial charge >= 0.3 is 0 Å². The van der Waals surface area contributed by atoms with Gasteiger partial charge in [-0.1, -0.05) is 18.2 Å². The molecule has 3 N–H and O–H groups in total. The van der Waals surface area contributed by atoms with Crippen LogP contribution < -0.4 is 5.32 Å². The van der Waals surface area contributed by atoms with E-state index in [1.54, 1.807) is 0 Å². The van der Waals surface area contributed by atoms with Gasteiger partial charge in [0.1, 0.15) is 11.4 Å². The van der Waals surface area contributed by atoms with Crippen molar-refractivity contribution in [3.05, 3.63) is 47.7 Å². The highest BCUT2D eigenvalue weighted by molar-refractivity contribution is 5.80. The van der Waals surface area contributed by atoms with Crippen LogP contribution in [0.5, 0.6) is 0 Å². The SMILES string of the molecule is Cc1nc([C@H]2C[C@H](CNCc3coc4ccccc34)[C@H](O)C2)n[nH]1. The van der Waals surface area contributed by atoms with E-state index in [0.29, 0.717) is 0 Å².